The van der Waals surface area contributed by atoms with Crippen molar-refractivity contribution in [1.82, 2.24) is 0 Å². The molecule has 0 aromatic rings. The van der Waals surface area contributed by atoms with Gasteiger partial charge in [-0.25, -0.2) is 0 Å². The zero-order valence-electron chi connectivity index (χ0n) is 17.2. The number of thioether (sulfide) groups is 2. The molecule has 0 bridgehead atoms. The third-order valence-electron chi connectivity index (χ3n) is 5.67. The minimum absolute atomic E-state index is 0.380. The molecule has 26 heavy (non-hydrogen) atoms. The van der Waals surface area contributed by atoms with E-state index >= 15 is 0 Å². The second-order valence-corrected chi connectivity index (χ2v) is 10.2. The van der Waals surface area contributed by atoms with E-state index in [0.29, 0.717) is 15.6 Å². The average molecular weight is 401 g/mol. The lowest BCUT2D eigenvalue weighted by molar-refractivity contribution is -0.111. The molecule has 0 aromatic carbocycles. The molecule has 1 aliphatic rings. The molecule has 1 rings (SSSR count). The fraction of sp³-hybridized carbons (Fsp3) is 0.909. The molecule has 1 saturated carbocycles. The molecular formula is C22H40O2S2. The second kappa shape index (κ2) is 15.0. The summed E-state index contributed by atoms with van der Waals surface area (Å²) in [4.78, 5) is 24.0. The molecule has 0 aromatic heterocycles. The number of carbonyl (C=O) groups excluding carboxylic acids is 2. The quantitative estimate of drug-likeness (QED) is 0.284. The van der Waals surface area contributed by atoms with Gasteiger partial charge in [-0.15, -0.1) is 0 Å². The summed E-state index contributed by atoms with van der Waals surface area (Å²) in [6.07, 6.45) is 17.2. The van der Waals surface area contributed by atoms with E-state index in [-0.39, 0.29) is 0 Å². The van der Waals surface area contributed by atoms with Gasteiger partial charge in [-0.1, -0.05) is 82.3 Å². The lowest BCUT2D eigenvalue weighted by Crippen LogP contribution is -2.26. The second-order valence-electron chi connectivity index (χ2n) is 7.92. The molecule has 0 heterocycles. The molecule has 4 heteroatoms. The van der Waals surface area contributed by atoms with Gasteiger partial charge >= 0.3 is 0 Å². The van der Waals surface area contributed by atoms with Crippen molar-refractivity contribution in [3.63, 3.8) is 0 Å². The number of unbranched alkanes of at least 4 members (excludes halogenated alkanes) is 4. The summed E-state index contributed by atoms with van der Waals surface area (Å²) in [5.41, 5.74) is 0.394. The van der Waals surface area contributed by atoms with E-state index in [2.05, 4.69) is 13.8 Å². The molecule has 0 atom stereocenters. The summed E-state index contributed by atoms with van der Waals surface area (Å²) >= 11 is 3.12. The Morgan fingerprint density at radius 2 is 1.19 bits per heavy atom. The summed E-state index contributed by atoms with van der Waals surface area (Å²) in [6.45, 7) is 4.36. The zero-order chi connectivity index (χ0) is 19.1. The minimum atomic E-state index is 0.380. The normalized spacial score (nSPS) is 16.5. The number of carbonyl (C=O) groups is 2. The predicted octanol–water partition coefficient (Wildman–Crippen LogP) is 7.40. The monoisotopic (exact) mass is 400 g/mol. The highest BCUT2D eigenvalue weighted by atomic mass is 32.2. The zero-order valence-corrected chi connectivity index (χ0v) is 18.8. The molecule has 0 radical (unpaired) electrons. The lowest BCUT2D eigenvalue weighted by atomic mass is 9.70. The maximum Gasteiger partial charge on any atom is 0.188 e. The first kappa shape index (κ1) is 24.1. The van der Waals surface area contributed by atoms with Crippen molar-refractivity contribution in [2.24, 2.45) is 5.41 Å². The summed E-state index contributed by atoms with van der Waals surface area (Å²) in [7, 11) is 0. The van der Waals surface area contributed by atoms with Gasteiger partial charge < -0.3 is 0 Å². The van der Waals surface area contributed by atoms with Crippen molar-refractivity contribution >= 4 is 33.8 Å². The molecule has 0 amide bonds. The van der Waals surface area contributed by atoms with E-state index in [4.69, 9.17) is 0 Å². The Hall–Kier alpha value is 0.0400. The third kappa shape index (κ3) is 11.0. The molecular weight excluding hydrogens is 360 g/mol. The van der Waals surface area contributed by atoms with Crippen LogP contribution in [0.3, 0.4) is 0 Å². The highest BCUT2D eigenvalue weighted by Crippen LogP contribution is 2.44. The van der Waals surface area contributed by atoms with Gasteiger partial charge in [-0.2, -0.15) is 0 Å². The van der Waals surface area contributed by atoms with Crippen LogP contribution in [0, 0.1) is 5.41 Å². The molecule has 0 N–H and O–H groups in total. The van der Waals surface area contributed by atoms with Gasteiger partial charge in [0.1, 0.15) is 0 Å². The Morgan fingerprint density at radius 1 is 0.731 bits per heavy atom. The van der Waals surface area contributed by atoms with Gasteiger partial charge in [0, 0.05) is 24.3 Å². The topological polar surface area (TPSA) is 34.1 Å². The van der Waals surface area contributed by atoms with Crippen LogP contribution < -0.4 is 0 Å². The van der Waals surface area contributed by atoms with Gasteiger partial charge in [0.05, 0.1) is 0 Å². The Morgan fingerprint density at radius 3 is 1.62 bits per heavy atom. The van der Waals surface area contributed by atoms with Crippen LogP contribution in [0.1, 0.15) is 110 Å². The molecule has 0 aliphatic heterocycles. The lowest BCUT2D eigenvalue weighted by Gasteiger charge is -2.37. The highest BCUT2D eigenvalue weighted by molar-refractivity contribution is 8.13. The molecule has 2 nitrogen and oxygen atoms in total. The minimum Gasteiger partial charge on any atom is -0.287 e. The van der Waals surface area contributed by atoms with Crippen LogP contribution in [-0.2, 0) is 9.59 Å². The standard InChI is InChI=1S/C22H40O2S2/c1-3-5-8-12-20(23)25-18-16-22(14-10-7-11-15-22)17-19-26-21(24)13-9-6-4-2/h3-19H2,1-2H3. The van der Waals surface area contributed by atoms with E-state index in [0.717, 1.165) is 50.0 Å². The summed E-state index contributed by atoms with van der Waals surface area (Å²) in [5, 5.41) is 0.759. The van der Waals surface area contributed by atoms with Gasteiger partial charge in [0.2, 0.25) is 0 Å². The molecule has 152 valence electrons. The van der Waals surface area contributed by atoms with Crippen LogP contribution in [0.4, 0.5) is 0 Å². The van der Waals surface area contributed by atoms with E-state index in [1.54, 1.807) is 23.5 Å². The van der Waals surface area contributed by atoms with Crippen LogP contribution in [0.5, 0.6) is 0 Å². The fourth-order valence-corrected chi connectivity index (χ4v) is 5.98. The fourth-order valence-electron chi connectivity index (χ4n) is 3.87. The van der Waals surface area contributed by atoms with Crippen molar-refractivity contribution in [1.29, 1.82) is 0 Å². The van der Waals surface area contributed by atoms with E-state index in [1.165, 1.54) is 57.8 Å². The summed E-state index contributed by atoms with van der Waals surface area (Å²) in [5.74, 6) is 1.94. The van der Waals surface area contributed by atoms with E-state index in [9.17, 15) is 9.59 Å². The van der Waals surface area contributed by atoms with Crippen LogP contribution in [-0.4, -0.2) is 21.7 Å². The van der Waals surface area contributed by atoms with Crippen LogP contribution in [0.15, 0.2) is 0 Å². The number of rotatable bonds is 14. The Bertz CT molecular complexity index is 360. The maximum absolute atomic E-state index is 12.0. The Balaban J connectivity index is 2.30. The van der Waals surface area contributed by atoms with Gasteiger partial charge in [0.15, 0.2) is 10.2 Å². The predicted molar refractivity (Wildman–Crippen MR) is 118 cm³/mol. The molecule has 1 fully saturated rings. The molecule has 0 unspecified atom stereocenters. The van der Waals surface area contributed by atoms with Crippen molar-refractivity contribution in [2.75, 3.05) is 11.5 Å². The Kier molecular flexibility index (Phi) is 13.9. The number of hydrogen-bond donors (Lipinski definition) is 0. The summed E-state index contributed by atoms with van der Waals surface area (Å²) in [6, 6.07) is 0. The first-order chi connectivity index (χ1) is 12.6. The Labute approximate surface area is 170 Å². The van der Waals surface area contributed by atoms with Gasteiger partial charge in [-0.05, 0) is 43.9 Å². The molecule has 0 saturated heterocycles. The van der Waals surface area contributed by atoms with Crippen LogP contribution in [0.25, 0.3) is 0 Å². The molecule has 0 spiro atoms. The van der Waals surface area contributed by atoms with E-state index in [1.807, 2.05) is 0 Å². The first-order valence-electron chi connectivity index (χ1n) is 10.9. The van der Waals surface area contributed by atoms with E-state index < -0.39 is 0 Å². The average Bonchev–Trinajstić information content (AvgIpc) is 2.63. The van der Waals surface area contributed by atoms with Crippen LogP contribution in [0.2, 0.25) is 0 Å². The summed E-state index contributed by atoms with van der Waals surface area (Å²) < 4.78 is 0. The number of hydrogen-bond acceptors (Lipinski definition) is 4. The first-order valence-corrected chi connectivity index (χ1v) is 12.9. The largest absolute Gasteiger partial charge is 0.287 e. The molecule has 1 aliphatic carbocycles. The van der Waals surface area contributed by atoms with Crippen molar-refractivity contribution < 1.29 is 9.59 Å². The highest BCUT2D eigenvalue weighted by Gasteiger charge is 2.31. The van der Waals surface area contributed by atoms with Crippen molar-refractivity contribution in [2.45, 2.75) is 110 Å². The van der Waals surface area contributed by atoms with Gasteiger partial charge in [-0.3, -0.25) is 9.59 Å². The SMILES string of the molecule is CCCCCC(=O)SCCC1(CCSC(=O)CCCCC)CCCCC1. The maximum atomic E-state index is 12.0. The smallest absolute Gasteiger partial charge is 0.188 e. The van der Waals surface area contributed by atoms with Crippen molar-refractivity contribution in [3.05, 3.63) is 0 Å². The van der Waals surface area contributed by atoms with Crippen molar-refractivity contribution in [3.8, 4) is 0 Å². The van der Waals surface area contributed by atoms with Gasteiger partial charge in [0.25, 0.3) is 0 Å². The third-order valence-corrected chi connectivity index (χ3v) is 7.54. The van der Waals surface area contributed by atoms with Crippen LogP contribution >= 0.6 is 23.5 Å².